The molecule has 19 atom stereocenters. The number of aliphatic hydroxyl groups excluding tert-OH is 8. The van der Waals surface area contributed by atoms with E-state index >= 15 is 0 Å². The van der Waals surface area contributed by atoms with Crippen LogP contribution >= 0.6 is 11.8 Å². The number of carboxylic acids is 1. The summed E-state index contributed by atoms with van der Waals surface area (Å²) in [5.74, 6) is -6.73. The van der Waals surface area contributed by atoms with Crippen molar-refractivity contribution in [3.63, 3.8) is 0 Å². The molecule has 0 spiro atoms. The van der Waals surface area contributed by atoms with Crippen LogP contribution in [0.5, 0.6) is 0 Å². The van der Waals surface area contributed by atoms with E-state index in [0.717, 1.165) is 58.6 Å². The van der Waals surface area contributed by atoms with Crippen molar-refractivity contribution in [3.05, 3.63) is 0 Å². The van der Waals surface area contributed by atoms with E-state index in [2.05, 4.69) is 31.9 Å². The molecule has 0 unspecified atom stereocenters. The average molecular weight is 1140 g/mol. The summed E-state index contributed by atoms with van der Waals surface area (Å²) >= 11 is 1.85. The van der Waals surface area contributed by atoms with Gasteiger partial charge in [-0.25, -0.2) is 9.59 Å². The third kappa shape index (κ3) is 17.9. The summed E-state index contributed by atoms with van der Waals surface area (Å²) in [6, 6.07) is -2.72. The lowest BCUT2D eigenvalue weighted by Gasteiger charge is -2.51. The lowest BCUT2D eigenvalue weighted by Crippen LogP contribution is -2.71. The number of esters is 1. The van der Waals surface area contributed by atoms with Gasteiger partial charge in [-0.3, -0.25) is 24.0 Å². The molecule has 5 fully saturated rings. The Labute approximate surface area is 454 Å². The summed E-state index contributed by atoms with van der Waals surface area (Å²) in [5.41, 5.74) is 0. The van der Waals surface area contributed by atoms with E-state index in [1.54, 1.807) is 0 Å². The van der Waals surface area contributed by atoms with Crippen LogP contribution in [-0.4, -0.2) is 248 Å². The van der Waals surface area contributed by atoms with Gasteiger partial charge in [0.1, 0.15) is 73.2 Å². The fourth-order valence-corrected chi connectivity index (χ4v) is 11.6. The molecule has 6 amide bonds. The highest BCUT2D eigenvalue weighted by Gasteiger charge is 2.61. The number of unbranched alkanes of at least 4 members (excludes halogenated alkanes) is 5. The minimum Gasteiger partial charge on any atom is -0.477 e. The summed E-state index contributed by atoms with van der Waals surface area (Å²) < 4.78 is 40.3. The number of ether oxygens (including phenoxy) is 7. The van der Waals surface area contributed by atoms with Crippen LogP contribution in [0.4, 0.5) is 4.79 Å². The van der Waals surface area contributed by atoms with E-state index in [1.807, 2.05) is 11.8 Å². The van der Waals surface area contributed by atoms with Gasteiger partial charge < -0.3 is 111 Å². The van der Waals surface area contributed by atoms with Crippen LogP contribution in [-0.2, 0) is 61.9 Å². The van der Waals surface area contributed by atoms with Crippen molar-refractivity contribution in [3.8, 4) is 0 Å². The van der Waals surface area contributed by atoms with Gasteiger partial charge >= 0.3 is 18.0 Å². The number of urea groups is 1. The zero-order valence-corrected chi connectivity index (χ0v) is 44.8. The van der Waals surface area contributed by atoms with Crippen molar-refractivity contribution >= 4 is 53.4 Å². The quantitative estimate of drug-likeness (QED) is 0.0176. The number of aliphatic hydroxyl groups is 8. The van der Waals surface area contributed by atoms with Crippen LogP contribution < -0.4 is 31.9 Å². The van der Waals surface area contributed by atoms with Crippen molar-refractivity contribution in [2.75, 3.05) is 45.3 Å². The second kappa shape index (κ2) is 31.2. The maximum absolute atomic E-state index is 13.2. The predicted molar refractivity (Wildman–Crippen MR) is 267 cm³/mol. The predicted octanol–water partition coefficient (Wildman–Crippen LogP) is -4.80. The first-order chi connectivity index (χ1) is 37.1. The summed E-state index contributed by atoms with van der Waals surface area (Å²) in [6.07, 6.45) is -18.4. The van der Waals surface area contributed by atoms with Gasteiger partial charge in [0.05, 0.1) is 44.4 Å². The molecule has 30 heteroatoms. The number of hydrogen-bond donors (Lipinski definition) is 15. The number of aliphatic carboxylic acids is 1. The third-order valence-electron chi connectivity index (χ3n) is 14.1. The third-order valence-corrected chi connectivity index (χ3v) is 15.6. The molecule has 0 aromatic heterocycles. The number of carboxylic acid groups (broad SMARTS) is 1. The number of thioether (sulfide) groups is 1. The summed E-state index contributed by atoms with van der Waals surface area (Å²) in [5, 5.41) is 114. The zero-order valence-electron chi connectivity index (χ0n) is 44.0. The molecule has 0 bridgehead atoms. The minimum atomic E-state index is -3.11. The van der Waals surface area contributed by atoms with Gasteiger partial charge in [-0.1, -0.05) is 12.8 Å². The Balaban J connectivity index is 1.07. The number of carbonyl (C=O) groups excluding carboxylic acids is 6. The number of rotatable bonds is 31. The standard InChI is InChI=1S/C48H80N6O23S/c1-23(58)51-35-28(72-25(3)60)18-48(46(68)69,76-42(35)37(64)27(61)19-55)77-43-38(65)29(20-56)73-45(40(43)67)75-41-30(21-57)74-44(36(39(41)66)52-24(2)59)71-17-11-5-10-16-50-32(62)13-6-4-9-15-49-33(63)14-8-7-12-31-34-26(22-78-31)53-47(70)54-34/h26-31,34-45,55-57,61,64-67H,4-22H2,1-3H3,(H,49,63)(H,50,62)(H,51,58)(H,52,59)(H,68,69)(H2,53,54,70)/t26-,27+,28-,29+,30+,31-,34-,35+,36+,37+,38-,39+,40+,41+,42+,43-,44+,45-,48-/m0/s1. The van der Waals surface area contributed by atoms with Gasteiger partial charge in [-0.2, -0.15) is 11.8 Å². The highest BCUT2D eigenvalue weighted by molar-refractivity contribution is 8.00. The molecule has 5 saturated heterocycles. The fourth-order valence-electron chi connectivity index (χ4n) is 10.1. The molecule has 0 aliphatic carbocycles. The summed E-state index contributed by atoms with van der Waals surface area (Å²) in [7, 11) is 0. The Morgan fingerprint density at radius 2 is 1.37 bits per heavy atom. The molecule has 0 aromatic rings. The second-order valence-electron chi connectivity index (χ2n) is 20.1. The van der Waals surface area contributed by atoms with Crippen molar-refractivity contribution < 1.29 is 113 Å². The maximum Gasteiger partial charge on any atom is 0.364 e. The molecule has 5 heterocycles. The van der Waals surface area contributed by atoms with Gasteiger partial charge in [-0.05, 0) is 44.9 Å². The van der Waals surface area contributed by atoms with Crippen LogP contribution in [0, 0.1) is 0 Å². The first-order valence-electron chi connectivity index (χ1n) is 26.5. The monoisotopic (exact) mass is 1140 g/mol. The number of nitrogens with one attached hydrogen (secondary N) is 6. The first-order valence-corrected chi connectivity index (χ1v) is 27.5. The first kappa shape index (κ1) is 64.7. The lowest BCUT2D eigenvalue weighted by molar-refractivity contribution is -0.382. The maximum atomic E-state index is 13.2. The van der Waals surface area contributed by atoms with Crippen molar-refractivity contribution in [1.29, 1.82) is 0 Å². The number of fused-ring (bicyclic) bond motifs is 1. The van der Waals surface area contributed by atoms with Crippen molar-refractivity contribution in [1.82, 2.24) is 31.9 Å². The van der Waals surface area contributed by atoms with Crippen molar-refractivity contribution in [2.45, 2.75) is 213 Å². The van der Waals surface area contributed by atoms with Crippen LogP contribution in [0.3, 0.4) is 0 Å². The highest BCUT2D eigenvalue weighted by atomic mass is 32.2. The summed E-state index contributed by atoms with van der Waals surface area (Å²) in [6.45, 7) is 1.13. The van der Waals surface area contributed by atoms with E-state index < -0.39 is 148 Å². The van der Waals surface area contributed by atoms with Crippen LogP contribution in [0.25, 0.3) is 0 Å². The van der Waals surface area contributed by atoms with Crippen LogP contribution in [0.1, 0.15) is 97.8 Å². The number of hydrogen-bond acceptors (Lipinski definition) is 23. The topological polar surface area (TPSA) is 438 Å². The second-order valence-corrected chi connectivity index (χ2v) is 21.4. The zero-order chi connectivity index (χ0) is 57.3. The Morgan fingerprint density at radius 1 is 0.756 bits per heavy atom. The van der Waals surface area contributed by atoms with Gasteiger partial charge in [0, 0.05) is 64.3 Å². The molecule has 15 N–H and O–H groups in total. The Hall–Kier alpha value is -4.12. The van der Waals surface area contributed by atoms with E-state index in [9.17, 15) is 79.5 Å². The van der Waals surface area contributed by atoms with Crippen molar-refractivity contribution in [2.24, 2.45) is 0 Å². The van der Waals surface area contributed by atoms with Gasteiger partial charge in [0.15, 0.2) is 12.6 Å². The molecule has 78 heavy (non-hydrogen) atoms. The van der Waals surface area contributed by atoms with Crippen LogP contribution in [0.15, 0.2) is 0 Å². The molecule has 446 valence electrons. The SMILES string of the molecule is CC(=O)N[C@H]1[C@H](OCCCCCNC(=O)CCCCCNC(=O)CCCC[C@@H]2SC[C@@H]3NC(=O)N[C@@H]32)O[C@H](CO)[C@@H](O[C@@H]2O[C@H](CO)[C@H](O)[C@H](O[C@]3(C(=O)O)C[C@H](OC(C)=O)[C@@H](NC(C)=O)[C@H]([C@H](O)[C@H](O)CO)O3)[C@H]2O)[C@@H]1O. The normalized spacial score (nSPS) is 34.3. The van der Waals surface area contributed by atoms with E-state index in [4.69, 9.17) is 33.2 Å². The Morgan fingerprint density at radius 3 is 1.97 bits per heavy atom. The molecular weight excluding hydrogens is 1060 g/mol. The van der Waals surface area contributed by atoms with E-state index in [-0.39, 0.29) is 36.5 Å². The van der Waals surface area contributed by atoms with E-state index in [1.165, 1.54) is 0 Å². The molecule has 5 aliphatic heterocycles. The van der Waals surface area contributed by atoms with Gasteiger partial charge in [0.2, 0.25) is 23.6 Å². The smallest absolute Gasteiger partial charge is 0.364 e. The molecular formula is C48H80N6O23S. The molecule has 5 aliphatic rings. The molecule has 0 aromatic carbocycles. The Kier molecular flexibility index (Phi) is 25.9. The highest BCUT2D eigenvalue weighted by Crippen LogP contribution is 2.40. The largest absolute Gasteiger partial charge is 0.477 e. The van der Waals surface area contributed by atoms with Gasteiger partial charge in [-0.15, -0.1) is 0 Å². The molecule has 0 saturated carbocycles. The molecule has 5 rings (SSSR count). The minimum absolute atomic E-state index is 0.00128. The van der Waals surface area contributed by atoms with Crippen LogP contribution in [0.2, 0.25) is 0 Å². The lowest BCUT2D eigenvalue weighted by atomic mass is 9.87. The van der Waals surface area contributed by atoms with Gasteiger partial charge in [0.25, 0.3) is 5.79 Å². The Bertz CT molecular complexity index is 1990. The fraction of sp³-hybridized carbons (Fsp3) is 0.854. The molecule has 29 nitrogen and oxygen atoms in total. The number of carbonyl (C=O) groups is 7. The average Bonchev–Trinajstić information content (AvgIpc) is 4.03. The summed E-state index contributed by atoms with van der Waals surface area (Å²) in [4.78, 5) is 86.3. The van der Waals surface area contributed by atoms with E-state index in [0.29, 0.717) is 56.9 Å². The number of amides is 6. The molecule has 0 radical (unpaired) electrons.